The second-order valence-corrected chi connectivity index (χ2v) is 6.89. The number of fused-ring (bicyclic) bond motifs is 1. The summed E-state index contributed by atoms with van der Waals surface area (Å²) in [5, 5.41) is 69.1. The number of rotatable bonds is 3. The van der Waals surface area contributed by atoms with Crippen LogP contribution >= 0.6 is 0 Å². The van der Waals surface area contributed by atoms with Crippen LogP contribution in [0.4, 0.5) is 0 Å². The zero-order chi connectivity index (χ0) is 21.6. The van der Waals surface area contributed by atoms with E-state index in [9.17, 15) is 35.7 Å². The highest BCUT2D eigenvalue weighted by atomic mass is 16.7. The summed E-state index contributed by atoms with van der Waals surface area (Å²) in [5.74, 6) is -1.37. The Kier molecular flexibility index (Phi) is 5.00. The Morgan fingerprint density at radius 2 is 1.63 bits per heavy atom. The average Bonchev–Trinajstić information content (AvgIpc) is 2.70. The van der Waals surface area contributed by atoms with E-state index in [0.29, 0.717) is 0 Å². The van der Waals surface area contributed by atoms with E-state index in [2.05, 4.69) is 0 Å². The van der Waals surface area contributed by atoms with Crippen LogP contribution < -0.4 is 4.74 Å². The summed E-state index contributed by atoms with van der Waals surface area (Å²) in [4.78, 5) is 0. The summed E-state index contributed by atoms with van der Waals surface area (Å²) in [7, 11) is 0. The highest BCUT2D eigenvalue weighted by Gasteiger charge is 2.40. The first-order chi connectivity index (χ1) is 14.2. The van der Waals surface area contributed by atoms with E-state index in [4.69, 9.17) is 13.9 Å². The number of benzene rings is 2. The topological polar surface area (TPSA) is 171 Å². The molecule has 3 aromatic rings. The monoisotopic (exact) mass is 419 g/mol. The van der Waals surface area contributed by atoms with Gasteiger partial charge in [-0.1, -0.05) is 0 Å². The van der Waals surface area contributed by atoms with Crippen molar-refractivity contribution in [3.8, 4) is 40.1 Å². The van der Waals surface area contributed by atoms with Gasteiger partial charge in [-0.25, -0.2) is 4.42 Å². The van der Waals surface area contributed by atoms with Crippen LogP contribution in [0.3, 0.4) is 0 Å². The van der Waals surface area contributed by atoms with Crippen LogP contribution in [0.25, 0.3) is 22.3 Å². The molecular formula is C20H19O10+. The highest BCUT2D eigenvalue weighted by molar-refractivity contribution is 5.88. The van der Waals surface area contributed by atoms with Gasteiger partial charge in [-0.15, -0.1) is 0 Å². The van der Waals surface area contributed by atoms with E-state index >= 15 is 0 Å². The quantitative estimate of drug-likeness (QED) is 0.240. The van der Waals surface area contributed by atoms with Crippen LogP contribution in [-0.2, 0) is 4.74 Å². The molecule has 4 rings (SSSR count). The summed E-state index contributed by atoms with van der Waals surface area (Å²) in [6.07, 6.45) is -5.76. The van der Waals surface area contributed by atoms with E-state index in [1.165, 1.54) is 30.3 Å². The highest BCUT2D eigenvalue weighted by Crippen LogP contribution is 2.41. The lowest BCUT2D eigenvalue weighted by Gasteiger charge is -2.34. The van der Waals surface area contributed by atoms with Gasteiger partial charge >= 0.3 is 11.3 Å². The van der Waals surface area contributed by atoms with Crippen molar-refractivity contribution in [3.63, 3.8) is 0 Å². The largest absolute Gasteiger partial charge is 0.507 e. The van der Waals surface area contributed by atoms with Gasteiger partial charge in [0.1, 0.15) is 35.2 Å². The lowest BCUT2D eigenvalue weighted by molar-refractivity contribution is -0.242. The first-order valence-corrected chi connectivity index (χ1v) is 8.92. The van der Waals surface area contributed by atoms with Crippen LogP contribution in [0.2, 0.25) is 0 Å². The molecule has 10 heteroatoms. The maximum absolute atomic E-state index is 10.2. The number of hydrogen-bond donors (Lipinski definition) is 7. The molecule has 158 valence electrons. The Hall–Kier alpha value is -3.31. The van der Waals surface area contributed by atoms with Gasteiger partial charge in [0.25, 0.3) is 0 Å². The van der Waals surface area contributed by atoms with Gasteiger partial charge in [0.05, 0.1) is 18.2 Å². The summed E-state index contributed by atoms with van der Waals surface area (Å²) >= 11 is 0. The molecule has 1 fully saturated rings. The van der Waals surface area contributed by atoms with E-state index in [1.807, 2.05) is 0 Å². The van der Waals surface area contributed by atoms with Gasteiger partial charge in [-0.2, -0.15) is 0 Å². The minimum Gasteiger partial charge on any atom is -0.507 e. The van der Waals surface area contributed by atoms with E-state index < -0.39 is 30.4 Å². The maximum atomic E-state index is 10.2. The average molecular weight is 419 g/mol. The van der Waals surface area contributed by atoms with Gasteiger partial charge < -0.3 is 45.2 Å². The molecule has 4 atom stereocenters. The first-order valence-electron chi connectivity index (χ1n) is 8.92. The molecular weight excluding hydrogens is 400 g/mol. The molecule has 1 aliphatic rings. The zero-order valence-corrected chi connectivity index (χ0v) is 15.3. The lowest BCUT2D eigenvalue weighted by atomic mass is 10.1. The summed E-state index contributed by atoms with van der Waals surface area (Å²) in [6.45, 7) is -0.290. The molecule has 0 bridgehead atoms. The molecule has 0 unspecified atom stereocenters. The molecule has 1 aliphatic heterocycles. The summed E-state index contributed by atoms with van der Waals surface area (Å²) < 4.78 is 16.7. The van der Waals surface area contributed by atoms with Gasteiger partial charge in [0.15, 0.2) is 11.5 Å². The van der Waals surface area contributed by atoms with Gasteiger partial charge in [0.2, 0.25) is 12.0 Å². The van der Waals surface area contributed by atoms with Crippen molar-refractivity contribution in [2.24, 2.45) is 0 Å². The van der Waals surface area contributed by atoms with Crippen molar-refractivity contribution in [2.45, 2.75) is 24.6 Å². The Labute approximate surface area is 169 Å². The predicted octanol–water partition coefficient (Wildman–Crippen LogP) is 1.02. The fourth-order valence-corrected chi connectivity index (χ4v) is 3.15. The number of aliphatic hydroxyl groups excluding tert-OH is 3. The normalized spacial score (nSPS) is 24.1. The minimum atomic E-state index is -1.58. The van der Waals surface area contributed by atoms with Crippen molar-refractivity contribution in [1.29, 1.82) is 0 Å². The molecule has 0 amide bonds. The number of aromatic hydroxyl groups is 4. The Bertz CT molecular complexity index is 1100. The van der Waals surface area contributed by atoms with Crippen LogP contribution in [0.5, 0.6) is 28.7 Å². The summed E-state index contributed by atoms with van der Waals surface area (Å²) in [6, 6.07) is 7.56. The SMILES string of the molecule is Oc1cc(O)c2cc(O[C@@H]3OC[C@H](O)[C@H](O)[C@H]3O)c(-c3ccc(O)c(O)c3)[o+]c2c1. The number of aliphatic hydroxyl groups is 3. The number of phenols is 4. The molecule has 2 heterocycles. The molecule has 0 radical (unpaired) electrons. The van der Waals surface area contributed by atoms with Gasteiger partial charge in [-0.05, 0) is 12.1 Å². The van der Waals surface area contributed by atoms with Crippen molar-refractivity contribution in [1.82, 2.24) is 0 Å². The molecule has 2 aromatic carbocycles. The number of ether oxygens (including phenoxy) is 2. The van der Waals surface area contributed by atoms with Crippen LogP contribution in [-0.4, -0.2) is 67.0 Å². The van der Waals surface area contributed by atoms with E-state index in [-0.39, 0.29) is 51.9 Å². The Balaban J connectivity index is 1.84. The number of phenolic OH excluding ortho intramolecular Hbond substituents is 4. The van der Waals surface area contributed by atoms with Crippen molar-refractivity contribution in [3.05, 3.63) is 36.4 Å². The van der Waals surface area contributed by atoms with Gasteiger partial charge in [-0.3, -0.25) is 0 Å². The third-order valence-electron chi connectivity index (χ3n) is 4.75. The van der Waals surface area contributed by atoms with Crippen molar-refractivity contribution >= 4 is 11.0 Å². The second-order valence-electron chi connectivity index (χ2n) is 6.89. The standard InChI is InChI=1S/C20H18O10/c21-9-4-12(23)10-6-16(30-20-18(27)17(26)14(25)7-28-20)19(29-15(10)5-9)8-1-2-11(22)13(24)3-8/h1-6,14,17-18,20,25-27H,7H2,(H3-,21,22,23,24)/p+1/t14-,17-,18+,20-/m0/s1. The van der Waals surface area contributed by atoms with Gasteiger partial charge in [0, 0.05) is 18.2 Å². The molecule has 30 heavy (non-hydrogen) atoms. The molecule has 0 saturated carbocycles. The van der Waals surface area contributed by atoms with Crippen LogP contribution in [0.15, 0.2) is 40.8 Å². The number of hydrogen-bond acceptors (Lipinski definition) is 9. The molecule has 1 aromatic heterocycles. The Morgan fingerprint density at radius 1 is 0.867 bits per heavy atom. The molecule has 0 aliphatic carbocycles. The summed E-state index contributed by atoms with van der Waals surface area (Å²) in [5.41, 5.74) is 0.346. The van der Waals surface area contributed by atoms with Crippen LogP contribution in [0, 0.1) is 0 Å². The first kappa shape index (κ1) is 20.0. The fraction of sp³-hybridized carbons (Fsp3) is 0.250. The second kappa shape index (κ2) is 7.50. The Morgan fingerprint density at radius 3 is 2.37 bits per heavy atom. The third kappa shape index (κ3) is 3.53. The fourth-order valence-electron chi connectivity index (χ4n) is 3.15. The molecule has 7 N–H and O–H groups in total. The van der Waals surface area contributed by atoms with E-state index in [1.54, 1.807) is 0 Å². The van der Waals surface area contributed by atoms with Crippen LogP contribution in [0.1, 0.15) is 0 Å². The lowest BCUT2D eigenvalue weighted by Crippen LogP contribution is -2.54. The maximum Gasteiger partial charge on any atom is 0.402 e. The van der Waals surface area contributed by atoms with E-state index in [0.717, 1.165) is 6.07 Å². The third-order valence-corrected chi connectivity index (χ3v) is 4.75. The van der Waals surface area contributed by atoms with Crippen molar-refractivity contribution < 1.29 is 49.6 Å². The smallest absolute Gasteiger partial charge is 0.402 e. The van der Waals surface area contributed by atoms with Crippen molar-refractivity contribution in [2.75, 3.05) is 6.61 Å². The molecule has 1 saturated heterocycles. The molecule has 10 nitrogen and oxygen atoms in total. The predicted molar refractivity (Wildman–Crippen MR) is 101 cm³/mol. The zero-order valence-electron chi connectivity index (χ0n) is 15.3. The molecule has 0 spiro atoms. The minimum absolute atomic E-state index is 0.0132.